The van der Waals surface area contributed by atoms with Gasteiger partial charge in [-0.3, -0.25) is 0 Å². The number of aliphatic hydroxyl groups excluding tert-OH is 1. The number of piperidine rings is 1. The number of rotatable bonds is 8. The Morgan fingerprint density at radius 1 is 1.40 bits per heavy atom. The molecule has 0 aliphatic carbocycles. The van der Waals surface area contributed by atoms with E-state index >= 15 is 0 Å². The second-order valence-corrected chi connectivity index (χ2v) is 6.92. The smallest absolute Gasteiger partial charge is 0.191 e. The van der Waals surface area contributed by atoms with E-state index in [0.717, 1.165) is 69.4 Å². The molecular weight excluding hydrogens is 318 g/mol. The number of aromatic nitrogens is 1. The first-order chi connectivity index (χ1) is 12.1. The molecule has 0 saturated carbocycles. The van der Waals surface area contributed by atoms with Crippen molar-refractivity contribution < 1.29 is 9.63 Å². The van der Waals surface area contributed by atoms with Gasteiger partial charge in [0.25, 0.3) is 0 Å². The van der Waals surface area contributed by atoms with Gasteiger partial charge in [-0.05, 0) is 38.6 Å². The molecule has 1 aromatic heterocycles. The Hall–Kier alpha value is -1.60. The zero-order valence-electron chi connectivity index (χ0n) is 15.8. The Labute approximate surface area is 150 Å². The fraction of sp³-hybridized carbons (Fsp3) is 0.778. The molecule has 3 N–H and O–H groups in total. The largest absolute Gasteiger partial charge is 0.393 e. The van der Waals surface area contributed by atoms with Gasteiger partial charge in [0.1, 0.15) is 6.54 Å². The Kier molecular flexibility index (Phi) is 8.21. The van der Waals surface area contributed by atoms with Crippen LogP contribution in [0.5, 0.6) is 0 Å². The maximum atomic E-state index is 9.54. The summed E-state index contributed by atoms with van der Waals surface area (Å²) >= 11 is 0. The molecule has 1 fully saturated rings. The molecule has 7 nitrogen and oxygen atoms in total. The molecule has 0 bridgehead atoms. The van der Waals surface area contributed by atoms with Crippen molar-refractivity contribution in [1.82, 2.24) is 20.7 Å². The van der Waals surface area contributed by atoms with Crippen LogP contribution in [0.15, 0.2) is 15.6 Å². The molecule has 142 valence electrons. The van der Waals surface area contributed by atoms with E-state index in [0.29, 0.717) is 12.5 Å². The lowest BCUT2D eigenvalue weighted by Crippen LogP contribution is -2.40. The molecule has 1 aromatic rings. The molecule has 2 rings (SSSR count). The summed E-state index contributed by atoms with van der Waals surface area (Å²) in [6.45, 7) is 11.5. The van der Waals surface area contributed by atoms with Gasteiger partial charge in [-0.15, -0.1) is 0 Å². The summed E-state index contributed by atoms with van der Waals surface area (Å²) in [5.41, 5.74) is 0.967. The third kappa shape index (κ3) is 7.04. The van der Waals surface area contributed by atoms with Gasteiger partial charge in [0, 0.05) is 32.2 Å². The number of hydrogen-bond donors (Lipinski definition) is 3. The molecule has 0 atom stereocenters. The quantitative estimate of drug-likeness (QED) is 0.375. The third-order valence-corrected chi connectivity index (χ3v) is 4.41. The fourth-order valence-electron chi connectivity index (χ4n) is 2.83. The van der Waals surface area contributed by atoms with E-state index in [-0.39, 0.29) is 6.10 Å². The van der Waals surface area contributed by atoms with E-state index in [4.69, 9.17) is 4.52 Å². The predicted molar refractivity (Wildman–Crippen MR) is 99.7 cm³/mol. The fourth-order valence-corrected chi connectivity index (χ4v) is 2.83. The lowest BCUT2D eigenvalue weighted by atomic mass is 10.1. The van der Waals surface area contributed by atoms with Crippen molar-refractivity contribution in [3.63, 3.8) is 0 Å². The second-order valence-electron chi connectivity index (χ2n) is 6.92. The number of hydrogen-bond acceptors (Lipinski definition) is 5. The van der Waals surface area contributed by atoms with Crippen molar-refractivity contribution in [2.75, 3.05) is 32.7 Å². The molecule has 0 spiro atoms. The van der Waals surface area contributed by atoms with E-state index in [1.807, 2.05) is 6.07 Å². The molecule has 0 radical (unpaired) electrons. The highest BCUT2D eigenvalue weighted by molar-refractivity contribution is 5.79. The summed E-state index contributed by atoms with van der Waals surface area (Å²) in [6, 6.07) is 1.97. The van der Waals surface area contributed by atoms with Gasteiger partial charge >= 0.3 is 0 Å². The van der Waals surface area contributed by atoms with Crippen molar-refractivity contribution in [1.29, 1.82) is 0 Å². The molecule has 7 heteroatoms. The number of nitrogens with one attached hydrogen (secondary N) is 2. The molecule has 0 amide bonds. The summed E-state index contributed by atoms with van der Waals surface area (Å²) < 4.78 is 5.33. The van der Waals surface area contributed by atoms with E-state index in [2.05, 4.69) is 46.5 Å². The minimum Gasteiger partial charge on any atom is -0.393 e. The Morgan fingerprint density at radius 2 is 2.16 bits per heavy atom. The summed E-state index contributed by atoms with van der Waals surface area (Å²) in [4.78, 5) is 6.98. The number of aliphatic hydroxyl groups is 1. The zero-order valence-corrected chi connectivity index (χ0v) is 15.8. The van der Waals surface area contributed by atoms with Crippen molar-refractivity contribution in [3.8, 4) is 0 Å². The first-order valence-corrected chi connectivity index (χ1v) is 9.46. The van der Waals surface area contributed by atoms with Crippen LogP contribution >= 0.6 is 0 Å². The summed E-state index contributed by atoms with van der Waals surface area (Å²) in [6.07, 6.45) is 2.75. The predicted octanol–water partition coefficient (Wildman–Crippen LogP) is 1.70. The molecule has 1 saturated heterocycles. The normalized spacial score (nSPS) is 17.2. The Balaban J connectivity index is 1.71. The topological polar surface area (TPSA) is 85.9 Å². The number of likely N-dealkylation sites (tertiary alicyclic amines) is 1. The second kappa shape index (κ2) is 10.4. The van der Waals surface area contributed by atoms with Gasteiger partial charge in [-0.2, -0.15) is 0 Å². The Morgan fingerprint density at radius 3 is 2.80 bits per heavy atom. The van der Waals surface area contributed by atoms with Gasteiger partial charge in [-0.1, -0.05) is 19.0 Å². The van der Waals surface area contributed by atoms with Gasteiger partial charge in [0.2, 0.25) is 0 Å². The highest BCUT2D eigenvalue weighted by Crippen LogP contribution is 2.14. The molecule has 1 aliphatic rings. The summed E-state index contributed by atoms with van der Waals surface area (Å²) in [5, 5.41) is 20.2. The number of aliphatic imine (C=N–C) groups is 1. The van der Waals surface area contributed by atoms with Crippen LogP contribution in [0.1, 0.15) is 57.4 Å². The standard InChI is InChI=1S/C18H33N5O2/c1-4-19-18(21-13-16-12-17(14(2)3)22-25-16)20-8-5-9-23-10-6-15(24)7-11-23/h12,14-15,24H,4-11,13H2,1-3H3,(H2,19,20,21). The minimum absolute atomic E-state index is 0.103. The maximum absolute atomic E-state index is 9.54. The van der Waals surface area contributed by atoms with Crippen LogP contribution < -0.4 is 10.6 Å². The average molecular weight is 351 g/mol. The molecular formula is C18H33N5O2. The van der Waals surface area contributed by atoms with Crippen LogP contribution in [0.2, 0.25) is 0 Å². The maximum Gasteiger partial charge on any atom is 0.191 e. The highest BCUT2D eigenvalue weighted by atomic mass is 16.5. The molecule has 2 heterocycles. The first kappa shape index (κ1) is 19.7. The lowest BCUT2D eigenvalue weighted by molar-refractivity contribution is 0.0823. The summed E-state index contributed by atoms with van der Waals surface area (Å²) in [7, 11) is 0. The molecule has 0 aromatic carbocycles. The van der Waals surface area contributed by atoms with Gasteiger partial charge in [0.05, 0.1) is 11.8 Å². The van der Waals surface area contributed by atoms with Crippen LogP contribution in [0.3, 0.4) is 0 Å². The van der Waals surface area contributed by atoms with Crippen LogP contribution in [0.4, 0.5) is 0 Å². The number of guanidine groups is 1. The van der Waals surface area contributed by atoms with Crippen molar-refractivity contribution in [2.45, 2.75) is 58.6 Å². The van der Waals surface area contributed by atoms with Crippen LogP contribution in [-0.4, -0.2) is 60.0 Å². The van der Waals surface area contributed by atoms with Crippen LogP contribution in [0.25, 0.3) is 0 Å². The van der Waals surface area contributed by atoms with Gasteiger partial charge in [0.15, 0.2) is 11.7 Å². The minimum atomic E-state index is -0.103. The first-order valence-electron chi connectivity index (χ1n) is 9.46. The van der Waals surface area contributed by atoms with Gasteiger partial charge in [-0.25, -0.2) is 4.99 Å². The summed E-state index contributed by atoms with van der Waals surface area (Å²) in [5.74, 6) is 1.95. The van der Waals surface area contributed by atoms with E-state index in [1.165, 1.54) is 0 Å². The monoisotopic (exact) mass is 351 g/mol. The van der Waals surface area contributed by atoms with Crippen LogP contribution in [-0.2, 0) is 6.54 Å². The van der Waals surface area contributed by atoms with E-state index in [9.17, 15) is 5.11 Å². The van der Waals surface area contributed by atoms with Crippen molar-refractivity contribution in [2.24, 2.45) is 4.99 Å². The SMILES string of the molecule is CCNC(=NCc1cc(C(C)C)no1)NCCCN1CCC(O)CC1. The van der Waals surface area contributed by atoms with Crippen molar-refractivity contribution >= 4 is 5.96 Å². The van der Waals surface area contributed by atoms with Crippen molar-refractivity contribution in [3.05, 3.63) is 17.5 Å². The third-order valence-electron chi connectivity index (χ3n) is 4.41. The highest BCUT2D eigenvalue weighted by Gasteiger charge is 2.16. The van der Waals surface area contributed by atoms with E-state index < -0.39 is 0 Å². The van der Waals surface area contributed by atoms with E-state index in [1.54, 1.807) is 0 Å². The Bertz CT molecular complexity index is 521. The molecule has 0 unspecified atom stereocenters. The molecule has 1 aliphatic heterocycles. The zero-order chi connectivity index (χ0) is 18.1. The lowest BCUT2D eigenvalue weighted by Gasteiger charge is -2.29. The number of nitrogens with zero attached hydrogens (tertiary/aromatic N) is 3. The average Bonchev–Trinajstić information content (AvgIpc) is 3.07. The van der Waals surface area contributed by atoms with Crippen LogP contribution in [0, 0.1) is 0 Å². The van der Waals surface area contributed by atoms with Gasteiger partial charge < -0.3 is 25.2 Å². The molecule has 25 heavy (non-hydrogen) atoms.